The van der Waals surface area contributed by atoms with Gasteiger partial charge in [0.15, 0.2) is 10.2 Å². The van der Waals surface area contributed by atoms with Crippen LogP contribution < -0.4 is 10.6 Å². The van der Waals surface area contributed by atoms with Crippen molar-refractivity contribution in [3.63, 3.8) is 0 Å². The fraction of sp³-hybridized carbons (Fsp3) is 0.583. The highest BCUT2D eigenvalue weighted by Crippen LogP contribution is 2.31. The van der Waals surface area contributed by atoms with Crippen LogP contribution in [0.4, 0.5) is 5.13 Å². The zero-order chi connectivity index (χ0) is 14.3. The number of aromatic nitrogens is 1. The molecule has 0 saturated carbocycles. The molecule has 0 bridgehead atoms. The Morgan fingerprint density at radius 2 is 2.05 bits per heavy atom. The minimum Gasteiger partial charge on any atom is -0.346 e. The number of rotatable bonds is 3. The molecule has 1 amide bonds. The van der Waals surface area contributed by atoms with Gasteiger partial charge in [-0.1, -0.05) is 11.8 Å². The van der Waals surface area contributed by atoms with Gasteiger partial charge in [-0.25, -0.2) is 4.98 Å². The van der Waals surface area contributed by atoms with Crippen molar-refractivity contribution in [2.45, 2.75) is 18.2 Å². The molecule has 0 aliphatic carbocycles. The highest BCUT2D eigenvalue weighted by atomic mass is 35.5. The standard InChI is InChI=1S/C12H16N4O2S2.ClH/c1-7(17)20-9-4-16(5-9)12-14-10(6-19-12)11(18)15-2-8(13)3-15;/h6,8-9H,2-5,13H2,1H3;1H. The average Bonchev–Trinajstić information content (AvgIpc) is 2.77. The average molecular weight is 349 g/mol. The predicted octanol–water partition coefficient (Wildman–Crippen LogP) is 0.816. The molecule has 6 nitrogen and oxygen atoms in total. The zero-order valence-corrected chi connectivity index (χ0v) is 14.0. The van der Waals surface area contributed by atoms with Gasteiger partial charge in [-0.2, -0.15) is 0 Å². The Balaban J connectivity index is 0.00000161. The lowest BCUT2D eigenvalue weighted by atomic mass is 10.1. The molecule has 0 unspecified atom stereocenters. The quantitative estimate of drug-likeness (QED) is 0.871. The van der Waals surface area contributed by atoms with Crippen molar-refractivity contribution in [2.75, 3.05) is 31.1 Å². The first kappa shape index (κ1) is 16.5. The topological polar surface area (TPSA) is 79.5 Å². The molecule has 1 aromatic heterocycles. The number of amides is 1. The molecule has 3 rings (SSSR count). The summed E-state index contributed by atoms with van der Waals surface area (Å²) >= 11 is 2.86. The lowest BCUT2D eigenvalue weighted by Gasteiger charge is -2.38. The maximum atomic E-state index is 12.1. The molecule has 0 aromatic carbocycles. The van der Waals surface area contributed by atoms with Gasteiger partial charge in [-0.05, 0) is 0 Å². The van der Waals surface area contributed by atoms with Crippen LogP contribution in [-0.2, 0) is 4.79 Å². The van der Waals surface area contributed by atoms with E-state index in [-0.39, 0.29) is 29.5 Å². The van der Waals surface area contributed by atoms with Crippen LogP contribution >= 0.6 is 35.5 Å². The van der Waals surface area contributed by atoms with E-state index in [0.29, 0.717) is 24.0 Å². The first-order chi connectivity index (χ1) is 9.52. The largest absolute Gasteiger partial charge is 0.346 e. The maximum absolute atomic E-state index is 12.1. The van der Waals surface area contributed by atoms with Crippen molar-refractivity contribution in [2.24, 2.45) is 5.73 Å². The molecule has 0 atom stereocenters. The highest BCUT2D eigenvalue weighted by Gasteiger charge is 2.33. The summed E-state index contributed by atoms with van der Waals surface area (Å²) in [7, 11) is 0. The van der Waals surface area contributed by atoms with Crippen molar-refractivity contribution in [1.82, 2.24) is 9.88 Å². The number of thioether (sulfide) groups is 1. The Kier molecular flexibility index (Phi) is 5.13. The van der Waals surface area contributed by atoms with E-state index < -0.39 is 0 Å². The molecule has 0 radical (unpaired) electrons. The van der Waals surface area contributed by atoms with Crippen LogP contribution in [0.3, 0.4) is 0 Å². The van der Waals surface area contributed by atoms with Crippen molar-refractivity contribution in [1.29, 1.82) is 0 Å². The molecule has 2 aliphatic heterocycles. The minimum atomic E-state index is -0.0376. The summed E-state index contributed by atoms with van der Waals surface area (Å²) in [5, 5.41) is 3.16. The Morgan fingerprint density at radius 3 is 2.62 bits per heavy atom. The molecule has 2 aliphatic rings. The zero-order valence-electron chi connectivity index (χ0n) is 11.5. The summed E-state index contributed by atoms with van der Waals surface area (Å²) < 4.78 is 0. The van der Waals surface area contributed by atoms with Gasteiger partial charge < -0.3 is 15.5 Å². The number of carbonyl (C=O) groups is 2. The smallest absolute Gasteiger partial charge is 0.273 e. The van der Waals surface area contributed by atoms with E-state index >= 15 is 0 Å². The molecule has 2 N–H and O–H groups in total. The number of nitrogens with two attached hydrogens (primary N) is 1. The third kappa shape index (κ3) is 3.50. The second kappa shape index (κ2) is 6.51. The second-order valence-electron chi connectivity index (χ2n) is 5.12. The summed E-state index contributed by atoms with van der Waals surface area (Å²) in [5.74, 6) is -0.0376. The van der Waals surface area contributed by atoms with Gasteiger partial charge in [0.25, 0.3) is 5.91 Å². The molecule has 1 aromatic rings. The SMILES string of the molecule is CC(=O)SC1CN(c2nc(C(=O)N3CC(N)C3)cs2)C1.Cl. The van der Waals surface area contributed by atoms with Gasteiger partial charge in [-0.3, -0.25) is 9.59 Å². The van der Waals surface area contributed by atoms with Gasteiger partial charge in [0.2, 0.25) is 0 Å². The number of hydrogen-bond acceptors (Lipinski definition) is 7. The van der Waals surface area contributed by atoms with Gasteiger partial charge in [0.05, 0.1) is 0 Å². The number of anilines is 1. The number of thiazole rings is 1. The van der Waals surface area contributed by atoms with Crippen molar-refractivity contribution < 1.29 is 9.59 Å². The lowest BCUT2D eigenvalue weighted by Crippen LogP contribution is -2.57. The maximum Gasteiger partial charge on any atom is 0.273 e. The number of nitrogens with zero attached hydrogens (tertiary/aromatic N) is 3. The lowest BCUT2D eigenvalue weighted by molar-refractivity contribution is -0.109. The first-order valence-corrected chi connectivity index (χ1v) is 8.21. The summed E-state index contributed by atoms with van der Waals surface area (Å²) in [6.07, 6.45) is 0. The van der Waals surface area contributed by atoms with Gasteiger partial charge in [0.1, 0.15) is 5.69 Å². The van der Waals surface area contributed by atoms with Crippen LogP contribution in [0.5, 0.6) is 0 Å². The van der Waals surface area contributed by atoms with E-state index in [1.54, 1.807) is 17.2 Å². The summed E-state index contributed by atoms with van der Waals surface area (Å²) in [4.78, 5) is 31.3. The second-order valence-corrected chi connectivity index (χ2v) is 7.44. The van der Waals surface area contributed by atoms with Gasteiger partial charge >= 0.3 is 0 Å². The summed E-state index contributed by atoms with van der Waals surface area (Å²) in [5.41, 5.74) is 6.17. The molecule has 2 fully saturated rings. The number of likely N-dealkylation sites (tertiary alicyclic amines) is 1. The van der Waals surface area contributed by atoms with Crippen LogP contribution in [-0.4, -0.2) is 58.4 Å². The fourth-order valence-electron chi connectivity index (χ4n) is 2.25. The minimum absolute atomic E-state index is 0. The highest BCUT2D eigenvalue weighted by molar-refractivity contribution is 8.14. The van der Waals surface area contributed by atoms with E-state index in [1.807, 2.05) is 0 Å². The molecule has 2 saturated heterocycles. The third-order valence-corrected chi connectivity index (χ3v) is 5.22. The van der Waals surface area contributed by atoms with Crippen LogP contribution in [0.15, 0.2) is 5.38 Å². The number of halogens is 1. The Labute approximate surface area is 137 Å². The first-order valence-electron chi connectivity index (χ1n) is 6.45. The van der Waals surface area contributed by atoms with Crippen LogP contribution in [0.25, 0.3) is 0 Å². The van der Waals surface area contributed by atoms with Crippen LogP contribution in [0, 0.1) is 0 Å². The predicted molar refractivity (Wildman–Crippen MR) is 87.5 cm³/mol. The monoisotopic (exact) mass is 348 g/mol. The van der Waals surface area contributed by atoms with Crippen molar-refractivity contribution in [3.8, 4) is 0 Å². The summed E-state index contributed by atoms with van der Waals surface area (Å²) in [6.45, 7) is 4.46. The van der Waals surface area contributed by atoms with E-state index in [4.69, 9.17) is 5.73 Å². The number of carbonyl (C=O) groups excluding carboxylic acids is 2. The molecule has 0 spiro atoms. The van der Waals surface area contributed by atoms with E-state index in [2.05, 4.69) is 9.88 Å². The van der Waals surface area contributed by atoms with E-state index in [9.17, 15) is 9.59 Å². The van der Waals surface area contributed by atoms with Crippen molar-refractivity contribution >= 4 is 51.7 Å². The Hall–Kier alpha value is -0.830. The van der Waals surface area contributed by atoms with Crippen molar-refractivity contribution in [3.05, 3.63) is 11.1 Å². The van der Waals surface area contributed by atoms with E-state index in [1.165, 1.54) is 23.1 Å². The molecule has 3 heterocycles. The van der Waals surface area contributed by atoms with E-state index in [0.717, 1.165) is 18.2 Å². The van der Waals surface area contributed by atoms with Gasteiger partial charge in [0, 0.05) is 49.8 Å². The van der Waals surface area contributed by atoms with Crippen LogP contribution in [0.2, 0.25) is 0 Å². The molecule has 21 heavy (non-hydrogen) atoms. The molecular weight excluding hydrogens is 332 g/mol. The van der Waals surface area contributed by atoms with Gasteiger partial charge in [-0.15, -0.1) is 23.7 Å². The number of hydrogen-bond donors (Lipinski definition) is 1. The Bertz CT molecular complexity index is 541. The molecule has 9 heteroatoms. The third-order valence-electron chi connectivity index (χ3n) is 3.36. The fourth-order valence-corrected chi connectivity index (χ4v) is 4.05. The Morgan fingerprint density at radius 1 is 1.38 bits per heavy atom. The molecular formula is C12H17ClN4O2S2. The normalized spacial score (nSPS) is 18.8. The summed E-state index contributed by atoms with van der Waals surface area (Å²) in [6, 6.07) is 0.108. The molecule has 116 valence electrons. The van der Waals surface area contributed by atoms with Crippen LogP contribution in [0.1, 0.15) is 17.4 Å².